The molecule has 2 fully saturated rings. The summed E-state index contributed by atoms with van der Waals surface area (Å²) in [4.78, 5) is 15.0. The van der Waals surface area contributed by atoms with Gasteiger partial charge in [-0.25, -0.2) is 9.78 Å². The Morgan fingerprint density at radius 1 is 1.50 bits per heavy atom. The number of carboxylic acid groups (broad SMARTS) is 1. The van der Waals surface area contributed by atoms with Gasteiger partial charge < -0.3 is 10.4 Å². The molecule has 0 spiro atoms. The second kappa shape index (κ2) is 4.12. The van der Waals surface area contributed by atoms with Gasteiger partial charge in [0, 0.05) is 6.54 Å². The van der Waals surface area contributed by atoms with Crippen LogP contribution in [0.3, 0.4) is 0 Å². The highest BCUT2D eigenvalue weighted by Gasteiger charge is 2.53. The number of anilines is 1. The summed E-state index contributed by atoms with van der Waals surface area (Å²) in [5.74, 6) is 0.381. The molecular formula is C13H15ClN2O2. The van der Waals surface area contributed by atoms with Crippen molar-refractivity contribution in [2.24, 2.45) is 11.3 Å². The van der Waals surface area contributed by atoms with E-state index < -0.39 is 5.97 Å². The Bertz CT molecular complexity index is 496. The molecule has 0 amide bonds. The minimum absolute atomic E-state index is 0.0852. The first-order valence-corrected chi connectivity index (χ1v) is 6.62. The number of carboxylic acids is 1. The fourth-order valence-electron chi connectivity index (χ4n) is 2.54. The summed E-state index contributed by atoms with van der Waals surface area (Å²) in [6, 6.07) is 3.31. The summed E-state index contributed by atoms with van der Waals surface area (Å²) in [5.41, 5.74) is 0.378. The molecule has 96 valence electrons. The van der Waals surface area contributed by atoms with Crippen molar-refractivity contribution in [3.05, 3.63) is 22.8 Å². The minimum Gasteiger partial charge on any atom is -0.476 e. The lowest BCUT2D eigenvalue weighted by molar-refractivity contribution is 0.0691. The molecule has 0 aliphatic heterocycles. The Morgan fingerprint density at radius 2 is 2.22 bits per heavy atom. The van der Waals surface area contributed by atoms with E-state index in [-0.39, 0.29) is 10.7 Å². The first-order chi connectivity index (χ1) is 8.61. The van der Waals surface area contributed by atoms with Crippen LogP contribution in [-0.2, 0) is 0 Å². The second-order valence-electron chi connectivity index (χ2n) is 5.32. The van der Waals surface area contributed by atoms with Gasteiger partial charge in [0.25, 0.3) is 0 Å². The third kappa shape index (κ3) is 2.17. The van der Waals surface area contributed by atoms with Gasteiger partial charge in [-0.05, 0) is 49.1 Å². The lowest BCUT2D eigenvalue weighted by Gasteiger charge is -2.15. The average molecular weight is 267 g/mol. The molecule has 2 aliphatic rings. The number of halogens is 1. The predicted molar refractivity (Wildman–Crippen MR) is 69.1 cm³/mol. The van der Waals surface area contributed by atoms with Gasteiger partial charge in [-0.3, -0.25) is 0 Å². The number of hydrogen-bond acceptors (Lipinski definition) is 3. The van der Waals surface area contributed by atoms with Gasteiger partial charge in [-0.1, -0.05) is 11.6 Å². The average Bonchev–Trinajstić information content (AvgIpc) is 3.20. The highest BCUT2D eigenvalue weighted by Crippen LogP contribution is 2.61. The van der Waals surface area contributed by atoms with Crippen LogP contribution < -0.4 is 5.32 Å². The van der Waals surface area contributed by atoms with E-state index in [2.05, 4.69) is 10.3 Å². The molecule has 0 saturated heterocycles. The van der Waals surface area contributed by atoms with E-state index in [0.717, 1.165) is 12.5 Å². The van der Waals surface area contributed by atoms with Crippen molar-refractivity contribution in [2.45, 2.75) is 25.7 Å². The van der Waals surface area contributed by atoms with E-state index >= 15 is 0 Å². The van der Waals surface area contributed by atoms with Gasteiger partial charge in [0.2, 0.25) is 0 Å². The third-order valence-corrected chi connectivity index (χ3v) is 4.31. The van der Waals surface area contributed by atoms with Crippen LogP contribution in [0.15, 0.2) is 12.1 Å². The number of carbonyl (C=O) groups is 1. The van der Waals surface area contributed by atoms with Crippen LogP contribution >= 0.6 is 11.6 Å². The SMILES string of the molecule is O=C(O)c1nc(NCC2(C3CC3)CC2)ccc1Cl. The molecule has 2 N–H and O–H groups in total. The molecule has 4 nitrogen and oxygen atoms in total. The largest absolute Gasteiger partial charge is 0.476 e. The van der Waals surface area contributed by atoms with Crippen molar-refractivity contribution in [2.75, 3.05) is 11.9 Å². The Labute approximate surface area is 110 Å². The number of hydrogen-bond donors (Lipinski definition) is 2. The summed E-state index contributed by atoms with van der Waals surface area (Å²) in [5, 5.41) is 12.4. The number of nitrogens with one attached hydrogen (secondary N) is 1. The van der Waals surface area contributed by atoms with E-state index in [9.17, 15) is 4.79 Å². The van der Waals surface area contributed by atoms with Gasteiger partial charge in [0.05, 0.1) is 5.02 Å². The Hall–Kier alpha value is -1.29. The maximum absolute atomic E-state index is 10.9. The highest BCUT2D eigenvalue weighted by atomic mass is 35.5. The van der Waals surface area contributed by atoms with Crippen molar-refractivity contribution in [1.82, 2.24) is 4.98 Å². The standard InChI is InChI=1S/C13H15ClN2O2/c14-9-3-4-10(16-11(9)12(17)18)15-7-13(5-6-13)8-1-2-8/h3-4,8H,1-2,5-7H2,(H,15,16)(H,17,18). The van der Waals surface area contributed by atoms with E-state index in [1.54, 1.807) is 12.1 Å². The lowest BCUT2D eigenvalue weighted by Crippen LogP contribution is -2.18. The molecule has 0 radical (unpaired) electrons. The van der Waals surface area contributed by atoms with Crippen LogP contribution in [0.2, 0.25) is 5.02 Å². The molecular weight excluding hydrogens is 252 g/mol. The van der Waals surface area contributed by atoms with E-state index in [1.165, 1.54) is 25.7 Å². The highest BCUT2D eigenvalue weighted by molar-refractivity contribution is 6.33. The van der Waals surface area contributed by atoms with Gasteiger partial charge in [0.1, 0.15) is 5.82 Å². The van der Waals surface area contributed by atoms with Crippen LogP contribution in [0.4, 0.5) is 5.82 Å². The van der Waals surface area contributed by atoms with Crippen molar-refractivity contribution in [1.29, 1.82) is 0 Å². The third-order valence-electron chi connectivity index (χ3n) is 4.01. The predicted octanol–water partition coefficient (Wildman–Crippen LogP) is 3.04. The van der Waals surface area contributed by atoms with Crippen molar-refractivity contribution >= 4 is 23.4 Å². The van der Waals surface area contributed by atoms with Crippen LogP contribution in [0.5, 0.6) is 0 Å². The van der Waals surface area contributed by atoms with Crippen LogP contribution in [0.1, 0.15) is 36.2 Å². The first kappa shape index (κ1) is 11.8. The molecule has 3 rings (SSSR count). The number of rotatable bonds is 5. The zero-order valence-electron chi connectivity index (χ0n) is 9.95. The van der Waals surface area contributed by atoms with Gasteiger partial charge in [0.15, 0.2) is 5.69 Å². The van der Waals surface area contributed by atoms with Crippen molar-refractivity contribution in [3.63, 3.8) is 0 Å². The molecule has 0 unspecified atom stereocenters. The Morgan fingerprint density at radius 3 is 2.78 bits per heavy atom. The quantitative estimate of drug-likeness (QED) is 0.860. The molecule has 1 aromatic heterocycles. The fraction of sp³-hybridized carbons (Fsp3) is 0.538. The zero-order valence-corrected chi connectivity index (χ0v) is 10.7. The van der Waals surface area contributed by atoms with Gasteiger partial charge in [-0.2, -0.15) is 0 Å². The maximum atomic E-state index is 10.9. The number of nitrogens with zero attached hydrogens (tertiary/aromatic N) is 1. The van der Waals surface area contributed by atoms with E-state index in [0.29, 0.717) is 11.2 Å². The number of aromatic nitrogens is 1. The Balaban J connectivity index is 1.69. The van der Waals surface area contributed by atoms with Gasteiger partial charge in [-0.15, -0.1) is 0 Å². The molecule has 0 aromatic carbocycles. The van der Waals surface area contributed by atoms with Crippen LogP contribution in [-0.4, -0.2) is 22.6 Å². The number of pyridine rings is 1. The summed E-state index contributed by atoms with van der Waals surface area (Å²) in [6.07, 6.45) is 5.25. The van der Waals surface area contributed by atoms with Crippen LogP contribution in [0, 0.1) is 11.3 Å². The molecule has 0 bridgehead atoms. The topological polar surface area (TPSA) is 62.2 Å². The molecule has 1 aromatic rings. The summed E-state index contributed by atoms with van der Waals surface area (Å²) < 4.78 is 0. The summed E-state index contributed by atoms with van der Waals surface area (Å²) in [6.45, 7) is 0.894. The number of aromatic carboxylic acids is 1. The van der Waals surface area contributed by atoms with Gasteiger partial charge >= 0.3 is 5.97 Å². The second-order valence-corrected chi connectivity index (χ2v) is 5.73. The molecule has 1 heterocycles. The molecule has 2 saturated carbocycles. The molecule has 0 atom stereocenters. The van der Waals surface area contributed by atoms with Crippen molar-refractivity contribution < 1.29 is 9.90 Å². The normalized spacial score (nSPS) is 20.5. The molecule has 18 heavy (non-hydrogen) atoms. The van der Waals surface area contributed by atoms with Crippen LogP contribution in [0.25, 0.3) is 0 Å². The zero-order chi connectivity index (χ0) is 12.8. The van der Waals surface area contributed by atoms with E-state index in [4.69, 9.17) is 16.7 Å². The first-order valence-electron chi connectivity index (χ1n) is 6.24. The maximum Gasteiger partial charge on any atom is 0.356 e. The van der Waals surface area contributed by atoms with Crippen molar-refractivity contribution in [3.8, 4) is 0 Å². The molecule has 5 heteroatoms. The summed E-state index contributed by atoms with van der Waals surface area (Å²) in [7, 11) is 0. The lowest BCUT2D eigenvalue weighted by atomic mass is 10.0. The Kier molecular flexibility index (Phi) is 2.70. The minimum atomic E-state index is -1.09. The van der Waals surface area contributed by atoms with E-state index in [1.807, 2.05) is 0 Å². The molecule has 2 aliphatic carbocycles. The summed E-state index contributed by atoms with van der Waals surface area (Å²) >= 11 is 5.78. The monoisotopic (exact) mass is 266 g/mol. The smallest absolute Gasteiger partial charge is 0.356 e. The fourth-order valence-corrected chi connectivity index (χ4v) is 2.73.